The van der Waals surface area contributed by atoms with Crippen molar-refractivity contribution >= 4 is 0 Å². The van der Waals surface area contributed by atoms with E-state index >= 15 is 0 Å². The first kappa shape index (κ1) is 35.1. The van der Waals surface area contributed by atoms with Crippen molar-refractivity contribution in [3.8, 4) is 11.5 Å². The van der Waals surface area contributed by atoms with Gasteiger partial charge < -0.3 is 34.6 Å². The van der Waals surface area contributed by atoms with Crippen LogP contribution in [0.25, 0.3) is 0 Å². The van der Waals surface area contributed by atoms with Gasteiger partial charge in [-0.25, -0.2) is 0 Å². The molecule has 0 unspecified atom stereocenters. The summed E-state index contributed by atoms with van der Waals surface area (Å²) in [6.45, 7) is 17.2. The topological polar surface area (TPSA) is 109 Å². The van der Waals surface area contributed by atoms with Gasteiger partial charge in [-0.1, -0.05) is 72.6 Å². The molecule has 2 aliphatic heterocycles. The first-order valence-electron chi connectivity index (χ1n) is 16.6. The second-order valence-corrected chi connectivity index (χ2v) is 14.2. The van der Waals surface area contributed by atoms with Crippen LogP contribution in [0.2, 0.25) is 0 Å². The Hall–Kier alpha value is -1.38. The predicted molar refractivity (Wildman–Crippen MR) is 167 cm³/mol. The standard InChI is InChI=1S/C35H60O7/c1-21(2)12-9-13-22(3)14-10-15-23(4)16-11-18-35(8)19-17-27-26(7)32(24(5)25(6)33(27)42-35)41-34-31(39)30(38)29(37)28(20-36)40-34/h21-23,28-31,34,36-39H,9-20H2,1-8H3/t22-,23-,28+,29+,30-,31-,34+,35-/m0/s1. The van der Waals surface area contributed by atoms with E-state index in [1.165, 1.54) is 44.9 Å². The van der Waals surface area contributed by atoms with Crippen LogP contribution in [0.1, 0.15) is 121 Å². The minimum absolute atomic E-state index is 0.207. The highest BCUT2D eigenvalue weighted by molar-refractivity contribution is 5.59. The molecule has 1 fully saturated rings. The van der Waals surface area contributed by atoms with E-state index in [-0.39, 0.29) is 5.60 Å². The number of fused-ring (bicyclic) bond motifs is 1. The van der Waals surface area contributed by atoms with E-state index in [2.05, 4.69) is 34.6 Å². The molecule has 0 bridgehead atoms. The Balaban J connectivity index is 1.55. The Kier molecular flexibility index (Phi) is 13.0. The molecule has 0 aromatic heterocycles. The molecule has 2 aliphatic rings. The summed E-state index contributed by atoms with van der Waals surface area (Å²) in [6.07, 6.45) is 6.72. The van der Waals surface area contributed by atoms with Crippen LogP contribution in [0.15, 0.2) is 0 Å². The van der Waals surface area contributed by atoms with Gasteiger partial charge in [0.2, 0.25) is 6.29 Å². The lowest BCUT2D eigenvalue weighted by molar-refractivity contribution is -0.277. The number of aliphatic hydroxyl groups excluding tert-OH is 4. The van der Waals surface area contributed by atoms with Crippen LogP contribution in [-0.2, 0) is 11.2 Å². The summed E-state index contributed by atoms with van der Waals surface area (Å²) in [5.41, 5.74) is 3.71. The molecule has 242 valence electrons. The molecule has 7 nitrogen and oxygen atoms in total. The van der Waals surface area contributed by atoms with Gasteiger partial charge in [0.05, 0.1) is 6.61 Å². The van der Waals surface area contributed by atoms with Gasteiger partial charge in [-0.3, -0.25) is 0 Å². The Bertz CT molecular complexity index is 992. The van der Waals surface area contributed by atoms with E-state index < -0.39 is 37.3 Å². The number of hydrogen-bond donors (Lipinski definition) is 4. The highest BCUT2D eigenvalue weighted by atomic mass is 16.7. The van der Waals surface area contributed by atoms with Crippen molar-refractivity contribution in [2.45, 2.75) is 162 Å². The molecular weight excluding hydrogens is 532 g/mol. The third-order valence-corrected chi connectivity index (χ3v) is 9.92. The lowest BCUT2D eigenvalue weighted by Crippen LogP contribution is -2.60. The molecule has 4 N–H and O–H groups in total. The third-order valence-electron chi connectivity index (χ3n) is 9.92. The predicted octanol–water partition coefficient (Wildman–Crippen LogP) is 6.31. The van der Waals surface area contributed by atoms with Gasteiger partial charge in [0.15, 0.2) is 0 Å². The summed E-state index contributed by atoms with van der Waals surface area (Å²) in [4.78, 5) is 0. The van der Waals surface area contributed by atoms with Crippen molar-refractivity contribution in [3.63, 3.8) is 0 Å². The fourth-order valence-electron chi connectivity index (χ4n) is 6.72. The van der Waals surface area contributed by atoms with Crippen molar-refractivity contribution in [2.75, 3.05) is 6.61 Å². The molecule has 2 heterocycles. The van der Waals surface area contributed by atoms with Gasteiger partial charge in [0.25, 0.3) is 0 Å². The summed E-state index contributed by atoms with van der Waals surface area (Å²) in [7, 11) is 0. The molecule has 0 radical (unpaired) electrons. The van der Waals surface area contributed by atoms with Crippen LogP contribution < -0.4 is 9.47 Å². The van der Waals surface area contributed by atoms with E-state index in [1.54, 1.807) is 0 Å². The Morgan fingerprint density at radius 1 is 0.810 bits per heavy atom. The maximum absolute atomic E-state index is 10.5. The second-order valence-electron chi connectivity index (χ2n) is 14.2. The zero-order valence-electron chi connectivity index (χ0n) is 27.6. The molecule has 8 atom stereocenters. The summed E-state index contributed by atoms with van der Waals surface area (Å²) < 4.78 is 18.5. The van der Waals surface area contributed by atoms with E-state index in [1.807, 2.05) is 20.8 Å². The van der Waals surface area contributed by atoms with Crippen LogP contribution in [0.4, 0.5) is 0 Å². The number of benzene rings is 1. The fourth-order valence-corrected chi connectivity index (χ4v) is 6.72. The molecule has 0 amide bonds. The zero-order chi connectivity index (χ0) is 31.2. The van der Waals surface area contributed by atoms with E-state index in [9.17, 15) is 20.4 Å². The Morgan fingerprint density at radius 2 is 1.40 bits per heavy atom. The lowest BCUT2D eigenvalue weighted by atomic mass is 9.83. The molecule has 42 heavy (non-hydrogen) atoms. The number of hydrogen-bond acceptors (Lipinski definition) is 7. The van der Waals surface area contributed by atoms with Gasteiger partial charge in [-0.2, -0.15) is 0 Å². The van der Waals surface area contributed by atoms with Crippen LogP contribution in [0.5, 0.6) is 11.5 Å². The van der Waals surface area contributed by atoms with E-state index in [4.69, 9.17) is 14.2 Å². The number of ether oxygens (including phenoxy) is 3. The van der Waals surface area contributed by atoms with Crippen molar-refractivity contribution < 1.29 is 34.6 Å². The van der Waals surface area contributed by atoms with Crippen LogP contribution in [-0.4, -0.2) is 63.3 Å². The lowest BCUT2D eigenvalue weighted by Gasteiger charge is -2.41. The Labute approximate surface area is 255 Å². The van der Waals surface area contributed by atoms with E-state index in [0.29, 0.717) is 5.75 Å². The van der Waals surface area contributed by atoms with Gasteiger partial charge in [0.1, 0.15) is 41.5 Å². The SMILES string of the molecule is Cc1c(C)c2c(c(C)c1O[C@H]1O[C@H](CO)[C@@H](O)[C@H](O)[C@@H]1O)CC[C@](C)(CCC[C@@H](C)CCC[C@@H](C)CCCC(C)C)O2. The van der Waals surface area contributed by atoms with Crippen molar-refractivity contribution in [1.82, 2.24) is 0 Å². The number of rotatable bonds is 15. The summed E-state index contributed by atoms with van der Waals surface area (Å²) in [5, 5.41) is 40.4. The average Bonchev–Trinajstić information content (AvgIpc) is 2.93. The first-order valence-corrected chi connectivity index (χ1v) is 16.6. The van der Waals surface area contributed by atoms with Crippen molar-refractivity contribution in [1.29, 1.82) is 0 Å². The van der Waals surface area contributed by atoms with E-state index in [0.717, 1.165) is 71.4 Å². The normalized spacial score (nSPS) is 29.2. The van der Waals surface area contributed by atoms with Crippen LogP contribution in [0.3, 0.4) is 0 Å². The highest BCUT2D eigenvalue weighted by Gasteiger charge is 2.45. The number of aliphatic hydroxyl groups is 4. The van der Waals surface area contributed by atoms with Crippen LogP contribution >= 0.6 is 0 Å². The van der Waals surface area contributed by atoms with Gasteiger partial charge in [-0.15, -0.1) is 0 Å². The molecule has 7 heteroatoms. The molecule has 1 saturated heterocycles. The monoisotopic (exact) mass is 592 g/mol. The maximum Gasteiger partial charge on any atom is 0.229 e. The zero-order valence-corrected chi connectivity index (χ0v) is 27.6. The molecule has 0 aliphatic carbocycles. The molecule has 3 rings (SSSR count). The minimum atomic E-state index is -1.48. The first-order chi connectivity index (χ1) is 19.8. The maximum atomic E-state index is 10.5. The highest BCUT2D eigenvalue weighted by Crippen LogP contribution is 2.45. The average molecular weight is 593 g/mol. The third kappa shape index (κ3) is 8.84. The smallest absolute Gasteiger partial charge is 0.229 e. The molecule has 0 saturated carbocycles. The minimum Gasteiger partial charge on any atom is -0.487 e. The largest absolute Gasteiger partial charge is 0.487 e. The molecular formula is C35H60O7. The van der Waals surface area contributed by atoms with Gasteiger partial charge in [0, 0.05) is 5.56 Å². The molecule has 0 spiro atoms. The van der Waals surface area contributed by atoms with Crippen molar-refractivity contribution in [2.24, 2.45) is 17.8 Å². The molecule has 1 aromatic rings. The Morgan fingerprint density at radius 3 is 2.00 bits per heavy atom. The fraction of sp³-hybridized carbons (Fsp3) is 0.829. The summed E-state index contributed by atoms with van der Waals surface area (Å²) in [5.74, 6) is 3.91. The van der Waals surface area contributed by atoms with Crippen LogP contribution in [0, 0.1) is 38.5 Å². The summed E-state index contributed by atoms with van der Waals surface area (Å²) >= 11 is 0. The summed E-state index contributed by atoms with van der Waals surface area (Å²) in [6, 6.07) is 0. The second kappa shape index (κ2) is 15.6. The molecule has 1 aromatic carbocycles. The van der Waals surface area contributed by atoms with Gasteiger partial charge in [-0.05, 0) is 87.8 Å². The van der Waals surface area contributed by atoms with Gasteiger partial charge >= 0.3 is 0 Å². The van der Waals surface area contributed by atoms with Crippen molar-refractivity contribution in [3.05, 3.63) is 22.3 Å². The quantitative estimate of drug-likeness (QED) is 0.189.